The lowest BCUT2D eigenvalue weighted by Gasteiger charge is -2.02. The summed E-state index contributed by atoms with van der Waals surface area (Å²) in [6.45, 7) is 0. The molecule has 0 aliphatic carbocycles. The third-order valence-corrected chi connectivity index (χ3v) is 3.90. The molecule has 0 bridgehead atoms. The zero-order valence-corrected chi connectivity index (χ0v) is 12.1. The van der Waals surface area contributed by atoms with E-state index in [-0.39, 0.29) is 5.91 Å². The minimum atomic E-state index is -0.228. The molecule has 1 heterocycles. The summed E-state index contributed by atoms with van der Waals surface area (Å²) in [6.07, 6.45) is 0. The van der Waals surface area contributed by atoms with Gasteiger partial charge in [0, 0.05) is 5.56 Å². The van der Waals surface area contributed by atoms with Crippen LogP contribution in [-0.4, -0.2) is 25.8 Å². The van der Waals surface area contributed by atoms with Crippen molar-refractivity contribution in [2.24, 2.45) is 0 Å². The molecule has 1 N–H and O–H groups in total. The van der Waals surface area contributed by atoms with E-state index in [0.717, 1.165) is 16.0 Å². The van der Waals surface area contributed by atoms with Crippen molar-refractivity contribution in [2.45, 2.75) is 0 Å². The van der Waals surface area contributed by atoms with E-state index in [4.69, 9.17) is 12.6 Å². The zero-order valence-electron chi connectivity index (χ0n) is 11.3. The van der Waals surface area contributed by atoms with Gasteiger partial charge < -0.3 is 4.74 Å². The Morgan fingerprint density at radius 3 is 2.90 bits per heavy atom. The molecule has 0 aliphatic heterocycles. The van der Waals surface area contributed by atoms with Crippen LogP contribution >= 0.6 is 11.3 Å². The Morgan fingerprint density at radius 1 is 1.29 bits per heavy atom. The van der Waals surface area contributed by atoms with Crippen molar-refractivity contribution in [3.05, 3.63) is 48.0 Å². The molecule has 21 heavy (non-hydrogen) atoms. The number of aromatic nitrogens is 1. The summed E-state index contributed by atoms with van der Waals surface area (Å²) in [5.74, 6) is 0.535. The van der Waals surface area contributed by atoms with Gasteiger partial charge in [-0.25, -0.2) is 4.98 Å². The van der Waals surface area contributed by atoms with E-state index in [2.05, 4.69) is 10.3 Å². The van der Waals surface area contributed by atoms with E-state index in [1.54, 1.807) is 31.4 Å². The van der Waals surface area contributed by atoms with Gasteiger partial charge in [-0.3, -0.25) is 10.1 Å². The van der Waals surface area contributed by atoms with Crippen molar-refractivity contribution >= 4 is 45.9 Å². The van der Waals surface area contributed by atoms with Gasteiger partial charge in [-0.2, -0.15) is 0 Å². The molecule has 6 heteroatoms. The monoisotopic (exact) mass is 294 g/mol. The number of amides is 1. The summed E-state index contributed by atoms with van der Waals surface area (Å²) >= 11 is 1.40. The van der Waals surface area contributed by atoms with Crippen LogP contribution in [0.15, 0.2) is 42.5 Å². The molecule has 0 atom stereocenters. The molecule has 3 rings (SSSR count). The van der Waals surface area contributed by atoms with E-state index in [0.29, 0.717) is 16.2 Å². The van der Waals surface area contributed by atoms with E-state index < -0.39 is 0 Å². The highest BCUT2D eigenvalue weighted by Gasteiger charge is 2.10. The lowest BCUT2D eigenvalue weighted by atomic mass is 9.94. The third kappa shape index (κ3) is 2.90. The Balaban J connectivity index is 1.86. The summed E-state index contributed by atoms with van der Waals surface area (Å²) in [7, 11) is 7.29. The van der Waals surface area contributed by atoms with Crippen LogP contribution < -0.4 is 15.5 Å². The summed E-state index contributed by atoms with van der Waals surface area (Å²) in [5.41, 5.74) is 1.88. The summed E-state index contributed by atoms with van der Waals surface area (Å²) < 4.78 is 6.13. The molecule has 0 saturated carbocycles. The molecule has 0 saturated heterocycles. The van der Waals surface area contributed by atoms with E-state index in [1.807, 2.05) is 18.2 Å². The smallest absolute Gasteiger partial charge is 0.257 e. The van der Waals surface area contributed by atoms with Crippen molar-refractivity contribution in [2.75, 3.05) is 12.4 Å². The molecule has 2 radical (unpaired) electrons. The number of benzene rings is 2. The largest absolute Gasteiger partial charge is 0.497 e. The number of hydrogen-bond acceptors (Lipinski definition) is 4. The van der Waals surface area contributed by atoms with Gasteiger partial charge in [-0.15, -0.1) is 0 Å². The minimum absolute atomic E-state index is 0.228. The van der Waals surface area contributed by atoms with Gasteiger partial charge in [0.25, 0.3) is 5.91 Å². The number of carbonyl (C=O) groups excluding carboxylic acids is 1. The first-order valence-corrected chi connectivity index (χ1v) is 7.09. The van der Waals surface area contributed by atoms with Crippen molar-refractivity contribution in [1.82, 2.24) is 4.98 Å². The molecule has 1 amide bonds. The molecule has 0 spiro atoms. The van der Waals surface area contributed by atoms with Crippen LogP contribution in [0.2, 0.25) is 0 Å². The van der Waals surface area contributed by atoms with E-state index in [1.165, 1.54) is 11.3 Å². The normalized spacial score (nSPS) is 10.5. The highest BCUT2D eigenvalue weighted by molar-refractivity contribution is 7.22. The third-order valence-electron chi connectivity index (χ3n) is 2.96. The van der Waals surface area contributed by atoms with Gasteiger partial charge in [-0.05, 0) is 24.3 Å². The molecule has 2 aromatic carbocycles. The molecule has 1 aromatic heterocycles. The lowest BCUT2D eigenvalue weighted by molar-refractivity contribution is 0.102. The second-order valence-corrected chi connectivity index (χ2v) is 5.46. The Bertz CT molecular complexity index is 816. The van der Waals surface area contributed by atoms with Crippen molar-refractivity contribution in [1.29, 1.82) is 0 Å². The molecular weight excluding hydrogens is 283 g/mol. The van der Waals surface area contributed by atoms with E-state index >= 15 is 0 Å². The number of nitrogens with one attached hydrogen (secondary N) is 1. The number of thiazole rings is 1. The van der Waals surface area contributed by atoms with Gasteiger partial charge in [0.05, 0.1) is 17.3 Å². The Morgan fingerprint density at radius 2 is 2.14 bits per heavy atom. The van der Waals surface area contributed by atoms with Crippen molar-refractivity contribution < 1.29 is 9.53 Å². The maximum absolute atomic E-state index is 12.1. The molecule has 4 nitrogen and oxygen atoms in total. The highest BCUT2D eigenvalue weighted by atomic mass is 32.1. The molecule has 0 fully saturated rings. The molecule has 0 unspecified atom stereocenters. The average Bonchev–Trinajstić information content (AvgIpc) is 2.88. The number of anilines is 1. The first kappa shape index (κ1) is 13.6. The number of hydrogen-bond donors (Lipinski definition) is 1. The van der Waals surface area contributed by atoms with Crippen LogP contribution in [0.25, 0.3) is 10.2 Å². The molecular formula is C15H11BN2O2S. The van der Waals surface area contributed by atoms with Gasteiger partial charge in [0.15, 0.2) is 5.13 Å². The predicted molar refractivity (Wildman–Crippen MR) is 86.0 cm³/mol. The van der Waals surface area contributed by atoms with Gasteiger partial charge in [0.2, 0.25) is 0 Å². The summed E-state index contributed by atoms with van der Waals surface area (Å²) in [4.78, 5) is 16.5. The van der Waals surface area contributed by atoms with Crippen LogP contribution in [0.1, 0.15) is 10.4 Å². The number of carbonyl (C=O) groups is 1. The van der Waals surface area contributed by atoms with Gasteiger partial charge in [0.1, 0.15) is 13.6 Å². The first-order valence-electron chi connectivity index (χ1n) is 6.27. The van der Waals surface area contributed by atoms with E-state index in [9.17, 15) is 4.79 Å². The standard InChI is InChI=1S/C15H11BN2O2S/c1-20-11-5-6-12-13(8-11)21-15(17-12)18-14(19)9-3-2-4-10(16)7-9/h2-8H,1H3,(H,17,18,19). The van der Waals surface area contributed by atoms with Crippen LogP contribution in [0.5, 0.6) is 5.75 Å². The Labute approximate surface area is 127 Å². The second kappa shape index (κ2) is 5.57. The van der Waals surface area contributed by atoms with Crippen LogP contribution in [0.3, 0.4) is 0 Å². The lowest BCUT2D eigenvalue weighted by Crippen LogP contribution is -2.14. The quantitative estimate of drug-likeness (QED) is 0.754. The van der Waals surface area contributed by atoms with Crippen molar-refractivity contribution in [3.63, 3.8) is 0 Å². The maximum Gasteiger partial charge on any atom is 0.257 e. The van der Waals surface area contributed by atoms with Crippen molar-refractivity contribution in [3.8, 4) is 5.75 Å². The predicted octanol–water partition coefficient (Wildman–Crippen LogP) is 2.35. The maximum atomic E-state index is 12.1. The Kier molecular flexibility index (Phi) is 3.62. The number of nitrogens with zero attached hydrogens (tertiary/aromatic N) is 1. The fourth-order valence-electron chi connectivity index (χ4n) is 1.93. The van der Waals surface area contributed by atoms with Crippen LogP contribution in [0.4, 0.5) is 5.13 Å². The number of rotatable bonds is 3. The molecule has 0 aliphatic rings. The topological polar surface area (TPSA) is 51.2 Å². The average molecular weight is 294 g/mol. The van der Waals surface area contributed by atoms with Crippen LogP contribution in [0, 0.1) is 0 Å². The Hall–Kier alpha value is -2.34. The highest BCUT2D eigenvalue weighted by Crippen LogP contribution is 2.29. The SMILES string of the molecule is [B]c1cccc(C(=O)Nc2nc3ccc(OC)cc3s2)c1. The van der Waals surface area contributed by atoms with Gasteiger partial charge >= 0.3 is 0 Å². The minimum Gasteiger partial charge on any atom is -0.497 e. The van der Waals surface area contributed by atoms with Gasteiger partial charge in [-0.1, -0.05) is 35.0 Å². The second-order valence-electron chi connectivity index (χ2n) is 4.43. The first-order chi connectivity index (χ1) is 10.2. The number of fused-ring (bicyclic) bond motifs is 1. The summed E-state index contributed by atoms with van der Waals surface area (Å²) in [5, 5.41) is 3.33. The molecule has 102 valence electrons. The number of ether oxygens (including phenoxy) is 1. The fourth-order valence-corrected chi connectivity index (χ4v) is 2.82. The molecule has 3 aromatic rings. The number of methoxy groups -OCH3 is 1. The fraction of sp³-hybridized carbons (Fsp3) is 0.0667. The zero-order chi connectivity index (χ0) is 14.8. The van der Waals surface area contributed by atoms with Crippen LogP contribution in [-0.2, 0) is 0 Å². The summed E-state index contributed by atoms with van der Waals surface area (Å²) in [6, 6.07) is 12.4.